The molecular formula is C22H26N2O4S. The van der Waals surface area contributed by atoms with Gasteiger partial charge in [-0.3, -0.25) is 9.59 Å². The number of ether oxygens (including phenoxy) is 2. The van der Waals surface area contributed by atoms with Crippen molar-refractivity contribution in [3.8, 4) is 11.5 Å². The number of carbonyl (C=O) groups is 2. The van der Waals surface area contributed by atoms with Crippen LogP contribution in [0.25, 0.3) is 0 Å². The van der Waals surface area contributed by atoms with Gasteiger partial charge in [0.15, 0.2) is 0 Å². The highest BCUT2D eigenvalue weighted by molar-refractivity contribution is 7.12. The highest BCUT2D eigenvalue weighted by atomic mass is 32.1. The Labute approximate surface area is 174 Å². The number of carbonyl (C=O) groups excluding carboxylic acids is 2. The zero-order chi connectivity index (χ0) is 20.4. The van der Waals surface area contributed by atoms with E-state index in [9.17, 15) is 9.59 Å². The number of nitrogens with one attached hydrogen (secondary N) is 1. The van der Waals surface area contributed by atoms with E-state index < -0.39 is 6.04 Å². The predicted molar refractivity (Wildman–Crippen MR) is 112 cm³/mol. The molecule has 0 spiro atoms. The first-order valence-electron chi connectivity index (χ1n) is 10.1. The summed E-state index contributed by atoms with van der Waals surface area (Å²) < 4.78 is 11.7. The van der Waals surface area contributed by atoms with Crippen LogP contribution < -0.4 is 14.8 Å². The molecule has 2 atom stereocenters. The van der Waals surface area contributed by atoms with Gasteiger partial charge in [-0.2, -0.15) is 0 Å². The summed E-state index contributed by atoms with van der Waals surface area (Å²) in [4.78, 5) is 28.0. The largest absolute Gasteiger partial charge is 0.494 e. The number of rotatable bonds is 6. The Bertz CT molecular complexity index is 896. The summed E-state index contributed by atoms with van der Waals surface area (Å²) in [6, 6.07) is 7.22. The smallest absolute Gasteiger partial charge is 0.264 e. The van der Waals surface area contributed by atoms with Crippen LogP contribution in [0.3, 0.4) is 0 Å². The number of hydrogen-bond donors (Lipinski definition) is 1. The molecule has 1 N–H and O–H groups in total. The fourth-order valence-corrected chi connectivity index (χ4v) is 4.71. The molecule has 0 aliphatic carbocycles. The molecule has 2 aliphatic heterocycles. The zero-order valence-corrected chi connectivity index (χ0v) is 17.6. The van der Waals surface area contributed by atoms with E-state index in [1.165, 1.54) is 11.3 Å². The Morgan fingerprint density at radius 3 is 3.00 bits per heavy atom. The summed E-state index contributed by atoms with van der Waals surface area (Å²) in [5, 5.41) is 4.89. The van der Waals surface area contributed by atoms with Crippen molar-refractivity contribution < 1.29 is 19.1 Å². The van der Waals surface area contributed by atoms with Gasteiger partial charge < -0.3 is 19.7 Å². The van der Waals surface area contributed by atoms with Crippen molar-refractivity contribution in [3.05, 3.63) is 45.6 Å². The molecule has 0 bridgehead atoms. The van der Waals surface area contributed by atoms with Gasteiger partial charge in [-0.05, 0) is 50.3 Å². The van der Waals surface area contributed by atoms with Gasteiger partial charge in [0.25, 0.3) is 5.91 Å². The highest BCUT2D eigenvalue weighted by Gasteiger charge is 2.35. The van der Waals surface area contributed by atoms with Crippen LogP contribution >= 0.6 is 11.3 Å². The molecule has 29 heavy (non-hydrogen) atoms. The average Bonchev–Trinajstić information content (AvgIpc) is 3.45. The van der Waals surface area contributed by atoms with Gasteiger partial charge in [-0.25, -0.2) is 0 Å². The van der Waals surface area contributed by atoms with E-state index in [4.69, 9.17) is 9.47 Å². The van der Waals surface area contributed by atoms with Gasteiger partial charge in [-0.1, -0.05) is 6.07 Å². The highest BCUT2D eigenvalue weighted by Crippen LogP contribution is 2.35. The maximum atomic E-state index is 12.9. The molecule has 4 rings (SSSR count). The van der Waals surface area contributed by atoms with Crippen molar-refractivity contribution in [1.82, 2.24) is 10.2 Å². The molecule has 0 unspecified atom stereocenters. The zero-order valence-electron chi connectivity index (χ0n) is 16.8. The van der Waals surface area contributed by atoms with E-state index in [2.05, 4.69) is 5.32 Å². The molecular weight excluding hydrogens is 388 g/mol. The van der Waals surface area contributed by atoms with E-state index in [0.717, 1.165) is 35.5 Å². The molecule has 7 heteroatoms. The van der Waals surface area contributed by atoms with Crippen LogP contribution in [0.5, 0.6) is 11.5 Å². The molecule has 6 nitrogen and oxygen atoms in total. The Kier molecular flexibility index (Phi) is 5.76. The van der Waals surface area contributed by atoms with Gasteiger partial charge in [0.2, 0.25) is 5.91 Å². The lowest BCUT2D eigenvalue weighted by Crippen LogP contribution is -2.45. The van der Waals surface area contributed by atoms with Crippen molar-refractivity contribution in [2.45, 2.75) is 51.8 Å². The third-order valence-electron chi connectivity index (χ3n) is 5.38. The van der Waals surface area contributed by atoms with E-state index in [0.29, 0.717) is 31.0 Å². The van der Waals surface area contributed by atoms with Gasteiger partial charge in [-0.15, -0.1) is 11.3 Å². The second kappa shape index (κ2) is 8.45. The SMILES string of the molecule is CCOc1cc2c(cc1CNC(=O)[C@@H]1CCCN1C(=O)c1cccs1)O[C@H](C)C2. The second-order valence-corrected chi connectivity index (χ2v) is 8.43. The fraction of sp³-hybridized carbons (Fsp3) is 0.455. The Hall–Kier alpha value is -2.54. The van der Waals surface area contributed by atoms with Crippen LogP contribution in [0, 0.1) is 0 Å². The maximum absolute atomic E-state index is 12.9. The number of amides is 2. The van der Waals surface area contributed by atoms with E-state index in [1.807, 2.05) is 37.4 Å². The van der Waals surface area contributed by atoms with Crippen LogP contribution in [0.1, 0.15) is 47.5 Å². The standard InChI is InChI=1S/C22H26N2O4S/c1-3-27-18-11-15-10-14(2)28-19(15)12-16(18)13-23-21(25)17-6-4-8-24(17)22(26)20-7-5-9-29-20/h5,7,9,11-12,14,17H,3-4,6,8,10,13H2,1-2H3,(H,23,25)/t14-,17+/m1/s1. The number of benzene rings is 1. The molecule has 1 aromatic heterocycles. The van der Waals surface area contributed by atoms with Crippen molar-refractivity contribution in [1.29, 1.82) is 0 Å². The Morgan fingerprint density at radius 1 is 1.38 bits per heavy atom. The number of hydrogen-bond acceptors (Lipinski definition) is 5. The summed E-state index contributed by atoms with van der Waals surface area (Å²) in [7, 11) is 0. The maximum Gasteiger partial charge on any atom is 0.264 e. The molecule has 2 amide bonds. The van der Waals surface area contributed by atoms with Crippen molar-refractivity contribution in [2.24, 2.45) is 0 Å². The summed E-state index contributed by atoms with van der Waals surface area (Å²) in [6.45, 7) is 5.50. The van der Waals surface area contributed by atoms with Crippen molar-refractivity contribution in [2.75, 3.05) is 13.2 Å². The second-order valence-electron chi connectivity index (χ2n) is 7.48. The van der Waals surface area contributed by atoms with Gasteiger partial charge in [0.05, 0.1) is 11.5 Å². The first-order valence-corrected chi connectivity index (χ1v) is 11.0. The van der Waals surface area contributed by atoms with Crippen molar-refractivity contribution >= 4 is 23.2 Å². The third kappa shape index (κ3) is 4.10. The van der Waals surface area contributed by atoms with Crippen LogP contribution in [-0.4, -0.2) is 42.0 Å². The summed E-state index contributed by atoms with van der Waals surface area (Å²) in [6.07, 6.45) is 2.54. The summed E-state index contributed by atoms with van der Waals surface area (Å²) >= 11 is 1.41. The predicted octanol–water partition coefficient (Wildman–Crippen LogP) is 3.39. The number of nitrogens with zero attached hydrogens (tertiary/aromatic N) is 1. The molecule has 2 aromatic rings. The molecule has 154 valence electrons. The average molecular weight is 415 g/mol. The van der Waals surface area contributed by atoms with Crippen molar-refractivity contribution in [3.63, 3.8) is 0 Å². The van der Waals surface area contributed by atoms with E-state index in [-0.39, 0.29) is 17.9 Å². The lowest BCUT2D eigenvalue weighted by molar-refractivity contribution is -0.125. The topological polar surface area (TPSA) is 67.9 Å². The minimum Gasteiger partial charge on any atom is -0.494 e. The lowest BCUT2D eigenvalue weighted by atomic mass is 10.1. The minimum atomic E-state index is -0.425. The molecule has 1 saturated heterocycles. The van der Waals surface area contributed by atoms with Crippen LogP contribution in [-0.2, 0) is 17.8 Å². The number of likely N-dealkylation sites (tertiary alicyclic amines) is 1. The summed E-state index contributed by atoms with van der Waals surface area (Å²) in [5.41, 5.74) is 2.03. The quantitative estimate of drug-likeness (QED) is 0.787. The van der Waals surface area contributed by atoms with Gasteiger partial charge in [0, 0.05) is 30.6 Å². The monoisotopic (exact) mass is 414 g/mol. The molecule has 1 fully saturated rings. The van der Waals surface area contributed by atoms with Gasteiger partial charge >= 0.3 is 0 Å². The fourth-order valence-electron chi connectivity index (χ4n) is 4.03. The first kappa shape index (κ1) is 19.8. The molecule has 2 aliphatic rings. The first-order chi connectivity index (χ1) is 14.1. The van der Waals surface area contributed by atoms with Crippen LogP contribution in [0.2, 0.25) is 0 Å². The number of thiophene rings is 1. The van der Waals surface area contributed by atoms with Crippen LogP contribution in [0.15, 0.2) is 29.6 Å². The van der Waals surface area contributed by atoms with E-state index in [1.54, 1.807) is 11.0 Å². The minimum absolute atomic E-state index is 0.0624. The molecule has 3 heterocycles. The molecule has 1 aromatic carbocycles. The Balaban J connectivity index is 1.45. The Morgan fingerprint density at radius 2 is 2.24 bits per heavy atom. The normalized spacial score (nSPS) is 20.3. The number of fused-ring (bicyclic) bond motifs is 1. The lowest BCUT2D eigenvalue weighted by Gasteiger charge is -2.23. The molecule has 0 radical (unpaired) electrons. The summed E-state index contributed by atoms with van der Waals surface area (Å²) in [5.74, 6) is 1.46. The van der Waals surface area contributed by atoms with Crippen LogP contribution in [0.4, 0.5) is 0 Å². The van der Waals surface area contributed by atoms with Gasteiger partial charge in [0.1, 0.15) is 23.6 Å². The third-order valence-corrected chi connectivity index (χ3v) is 6.24. The van der Waals surface area contributed by atoms with E-state index >= 15 is 0 Å². The molecule has 0 saturated carbocycles.